The maximum Gasteiger partial charge on any atom is 0.191 e. The zero-order valence-corrected chi connectivity index (χ0v) is 15.7. The summed E-state index contributed by atoms with van der Waals surface area (Å²) >= 11 is 0. The molecule has 0 amide bonds. The monoisotopic (exact) mass is 353 g/mol. The number of nitrogens with zero attached hydrogens (tertiary/aromatic N) is 1. The molecule has 7 heteroatoms. The second-order valence-corrected chi connectivity index (χ2v) is 5.36. The van der Waals surface area contributed by atoms with Gasteiger partial charge in [0.15, 0.2) is 5.96 Å². The third kappa shape index (κ3) is 8.09. The van der Waals surface area contributed by atoms with Crippen LogP contribution < -0.4 is 20.1 Å². The minimum absolute atomic E-state index is 0.233. The highest BCUT2D eigenvalue weighted by molar-refractivity contribution is 5.79. The van der Waals surface area contributed by atoms with Gasteiger partial charge >= 0.3 is 0 Å². The SMILES string of the molecule is CCNC(=NCC(O)c1cc(OC)cc(OC)c1)NCCCOCC. The number of methoxy groups -OCH3 is 2. The lowest BCUT2D eigenvalue weighted by atomic mass is 10.1. The Balaban J connectivity index is 2.64. The van der Waals surface area contributed by atoms with Gasteiger partial charge in [-0.1, -0.05) is 0 Å². The minimum Gasteiger partial charge on any atom is -0.497 e. The average molecular weight is 353 g/mol. The summed E-state index contributed by atoms with van der Waals surface area (Å²) in [4.78, 5) is 4.44. The molecule has 1 unspecified atom stereocenters. The van der Waals surface area contributed by atoms with Crippen LogP contribution in [0, 0.1) is 0 Å². The molecule has 1 aromatic rings. The van der Waals surface area contributed by atoms with Gasteiger partial charge in [0.1, 0.15) is 11.5 Å². The highest BCUT2D eigenvalue weighted by Gasteiger charge is 2.11. The highest BCUT2D eigenvalue weighted by atomic mass is 16.5. The lowest BCUT2D eigenvalue weighted by Crippen LogP contribution is -2.38. The fourth-order valence-electron chi connectivity index (χ4n) is 2.17. The number of aliphatic hydroxyl groups excluding tert-OH is 1. The van der Waals surface area contributed by atoms with E-state index in [1.807, 2.05) is 13.8 Å². The van der Waals surface area contributed by atoms with Crippen molar-refractivity contribution in [2.45, 2.75) is 26.4 Å². The van der Waals surface area contributed by atoms with Crippen molar-refractivity contribution in [3.05, 3.63) is 23.8 Å². The van der Waals surface area contributed by atoms with Crippen LogP contribution in [-0.2, 0) is 4.74 Å². The second kappa shape index (κ2) is 12.4. The van der Waals surface area contributed by atoms with Crippen LogP contribution in [0.2, 0.25) is 0 Å². The van der Waals surface area contributed by atoms with Crippen LogP contribution in [0.3, 0.4) is 0 Å². The van der Waals surface area contributed by atoms with Crippen LogP contribution in [0.1, 0.15) is 31.9 Å². The van der Waals surface area contributed by atoms with Crippen LogP contribution in [0.25, 0.3) is 0 Å². The van der Waals surface area contributed by atoms with E-state index in [0.29, 0.717) is 23.0 Å². The van der Waals surface area contributed by atoms with Crippen LogP contribution in [0.4, 0.5) is 0 Å². The molecule has 1 rings (SSSR count). The number of guanidine groups is 1. The Morgan fingerprint density at radius 2 is 1.80 bits per heavy atom. The van der Waals surface area contributed by atoms with Gasteiger partial charge in [0.05, 0.1) is 26.9 Å². The maximum absolute atomic E-state index is 10.4. The van der Waals surface area contributed by atoms with Crippen molar-refractivity contribution in [2.24, 2.45) is 4.99 Å². The molecule has 0 spiro atoms. The van der Waals surface area contributed by atoms with E-state index in [9.17, 15) is 5.11 Å². The van der Waals surface area contributed by atoms with Crippen molar-refractivity contribution >= 4 is 5.96 Å². The first-order chi connectivity index (χ1) is 12.1. The summed E-state index contributed by atoms with van der Waals surface area (Å²) in [6, 6.07) is 5.33. The fourth-order valence-corrected chi connectivity index (χ4v) is 2.17. The molecule has 1 atom stereocenters. The van der Waals surface area contributed by atoms with Crippen LogP contribution in [-0.4, -0.2) is 58.1 Å². The summed E-state index contributed by atoms with van der Waals surface area (Å²) < 4.78 is 15.8. The number of hydrogen-bond donors (Lipinski definition) is 3. The van der Waals surface area contributed by atoms with E-state index >= 15 is 0 Å². The first-order valence-corrected chi connectivity index (χ1v) is 8.65. The molecule has 0 saturated carbocycles. The van der Waals surface area contributed by atoms with Gasteiger partial charge in [-0.2, -0.15) is 0 Å². The molecule has 25 heavy (non-hydrogen) atoms. The summed E-state index contributed by atoms with van der Waals surface area (Å²) in [6.07, 6.45) is 0.149. The van der Waals surface area contributed by atoms with Crippen molar-refractivity contribution in [1.29, 1.82) is 0 Å². The van der Waals surface area contributed by atoms with E-state index in [2.05, 4.69) is 15.6 Å². The summed E-state index contributed by atoms with van der Waals surface area (Å²) in [6.45, 7) is 7.17. The molecule has 0 fully saturated rings. The number of hydrogen-bond acceptors (Lipinski definition) is 5. The molecule has 0 aliphatic carbocycles. The third-order valence-corrected chi connectivity index (χ3v) is 3.49. The normalized spacial score (nSPS) is 12.6. The number of aliphatic imine (C=N–C) groups is 1. The number of aliphatic hydroxyl groups is 1. The molecule has 0 saturated heterocycles. The second-order valence-electron chi connectivity index (χ2n) is 5.36. The van der Waals surface area contributed by atoms with Crippen LogP contribution >= 0.6 is 0 Å². The predicted molar refractivity (Wildman–Crippen MR) is 99.6 cm³/mol. The Labute approximate surface area is 150 Å². The van der Waals surface area contributed by atoms with Crippen molar-refractivity contribution in [1.82, 2.24) is 10.6 Å². The van der Waals surface area contributed by atoms with Crippen molar-refractivity contribution in [3.63, 3.8) is 0 Å². The molecular weight excluding hydrogens is 322 g/mol. The largest absolute Gasteiger partial charge is 0.497 e. The van der Waals surface area contributed by atoms with Crippen molar-refractivity contribution < 1.29 is 19.3 Å². The van der Waals surface area contributed by atoms with Crippen LogP contribution in [0.15, 0.2) is 23.2 Å². The van der Waals surface area contributed by atoms with E-state index in [0.717, 1.165) is 32.7 Å². The highest BCUT2D eigenvalue weighted by Crippen LogP contribution is 2.26. The Morgan fingerprint density at radius 1 is 1.12 bits per heavy atom. The van der Waals surface area contributed by atoms with Gasteiger partial charge < -0.3 is 30.0 Å². The van der Waals surface area contributed by atoms with E-state index in [-0.39, 0.29) is 6.54 Å². The molecule has 7 nitrogen and oxygen atoms in total. The zero-order chi connectivity index (χ0) is 18.5. The van der Waals surface area contributed by atoms with E-state index in [1.165, 1.54) is 0 Å². The summed E-state index contributed by atoms with van der Waals surface area (Å²) in [5.41, 5.74) is 0.701. The first kappa shape index (κ1) is 21.1. The van der Waals surface area contributed by atoms with Gasteiger partial charge in [-0.3, -0.25) is 4.99 Å². The Bertz CT molecular complexity index is 501. The molecule has 0 heterocycles. The van der Waals surface area contributed by atoms with Gasteiger partial charge in [0.2, 0.25) is 0 Å². The molecule has 0 bridgehead atoms. The smallest absolute Gasteiger partial charge is 0.191 e. The number of ether oxygens (including phenoxy) is 3. The predicted octanol–water partition coefficient (Wildman–Crippen LogP) is 1.72. The van der Waals surface area contributed by atoms with Gasteiger partial charge in [0.25, 0.3) is 0 Å². The lowest BCUT2D eigenvalue weighted by Gasteiger charge is -2.15. The van der Waals surface area contributed by atoms with Crippen molar-refractivity contribution in [2.75, 3.05) is 47.1 Å². The third-order valence-electron chi connectivity index (χ3n) is 3.49. The molecule has 142 valence electrons. The standard InChI is InChI=1S/C18H31N3O4/c1-5-19-18(20-8-7-9-25-6-2)21-13-17(22)14-10-15(23-3)12-16(11-14)24-4/h10-12,17,22H,5-9,13H2,1-4H3,(H2,19,20,21). The lowest BCUT2D eigenvalue weighted by molar-refractivity contribution is 0.145. The molecule has 0 aliphatic heterocycles. The molecular formula is C18H31N3O4. The topological polar surface area (TPSA) is 84.3 Å². The fraction of sp³-hybridized carbons (Fsp3) is 0.611. The van der Waals surface area contributed by atoms with E-state index < -0.39 is 6.10 Å². The number of rotatable bonds is 11. The van der Waals surface area contributed by atoms with Gasteiger partial charge in [-0.15, -0.1) is 0 Å². The summed E-state index contributed by atoms with van der Waals surface area (Å²) in [5.74, 6) is 1.95. The number of benzene rings is 1. The summed E-state index contributed by atoms with van der Waals surface area (Å²) in [5, 5.41) is 16.8. The van der Waals surface area contributed by atoms with Gasteiger partial charge in [0, 0.05) is 32.4 Å². The van der Waals surface area contributed by atoms with Gasteiger partial charge in [-0.25, -0.2) is 0 Å². The Morgan fingerprint density at radius 3 is 2.36 bits per heavy atom. The van der Waals surface area contributed by atoms with E-state index in [4.69, 9.17) is 14.2 Å². The molecule has 0 aromatic heterocycles. The Hall–Kier alpha value is -1.99. The zero-order valence-electron chi connectivity index (χ0n) is 15.7. The Kier molecular flexibility index (Phi) is 10.4. The molecule has 0 radical (unpaired) electrons. The minimum atomic E-state index is -0.747. The van der Waals surface area contributed by atoms with E-state index in [1.54, 1.807) is 32.4 Å². The summed E-state index contributed by atoms with van der Waals surface area (Å²) in [7, 11) is 3.16. The number of nitrogens with one attached hydrogen (secondary N) is 2. The average Bonchev–Trinajstić information content (AvgIpc) is 2.64. The molecule has 0 aliphatic rings. The van der Waals surface area contributed by atoms with Gasteiger partial charge in [-0.05, 0) is 38.0 Å². The van der Waals surface area contributed by atoms with Crippen molar-refractivity contribution in [3.8, 4) is 11.5 Å². The first-order valence-electron chi connectivity index (χ1n) is 8.65. The maximum atomic E-state index is 10.4. The molecule has 3 N–H and O–H groups in total. The van der Waals surface area contributed by atoms with Crippen LogP contribution in [0.5, 0.6) is 11.5 Å². The molecule has 1 aromatic carbocycles. The quantitative estimate of drug-likeness (QED) is 0.319.